The molecule has 0 unspecified atom stereocenters. The largest absolute Gasteiger partial charge is 0.356 e. The van der Waals surface area contributed by atoms with Crippen molar-refractivity contribution in [2.45, 2.75) is 12.8 Å². The van der Waals surface area contributed by atoms with Gasteiger partial charge < -0.3 is 10.6 Å². The Balaban J connectivity index is 0.00000103. The number of nitrogens with zero attached hydrogens (tertiary/aromatic N) is 3. The van der Waals surface area contributed by atoms with Gasteiger partial charge >= 0.3 is 0 Å². The summed E-state index contributed by atoms with van der Waals surface area (Å²) >= 11 is 0. The van der Waals surface area contributed by atoms with Crippen LogP contribution in [-0.2, 0) is 13.5 Å². The van der Waals surface area contributed by atoms with Crippen LogP contribution in [0.3, 0.4) is 0 Å². The number of halogens is 1. The average molecular weight is 460 g/mol. The Bertz CT molecular complexity index is 1230. The fraction of sp³-hybridized carbons (Fsp3) is 0.222. The highest BCUT2D eigenvalue weighted by Crippen LogP contribution is 2.28. The number of hydrogen-bond acceptors (Lipinski definition) is 5. The number of anilines is 1. The molecular weight excluding hydrogens is 429 g/mol. The third kappa shape index (κ3) is 6.36. The summed E-state index contributed by atoms with van der Waals surface area (Å²) in [5.74, 6) is 0.145. The lowest BCUT2D eigenvalue weighted by atomic mass is 10.0. The minimum absolute atomic E-state index is 0.195. The number of rotatable bonds is 7. The molecule has 0 aliphatic carbocycles. The van der Waals surface area contributed by atoms with Gasteiger partial charge in [0, 0.05) is 31.5 Å². The summed E-state index contributed by atoms with van der Waals surface area (Å²) in [6, 6.07) is 19.8. The zero-order valence-electron chi connectivity index (χ0n) is 19.8. The molecule has 2 N–H and O–H groups in total. The van der Waals surface area contributed by atoms with Crippen LogP contribution in [0.5, 0.6) is 0 Å². The summed E-state index contributed by atoms with van der Waals surface area (Å²) in [6.07, 6.45) is 5.17. The highest BCUT2D eigenvalue weighted by Gasteiger charge is 2.18. The molecule has 176 valence electrons. The second-order valence-corrected chi connectivity index (χ2v) is 7.78. The van der Waals surface area contributed by atoms with Gasteiger partial charge in [-0.05, 0) is 62.3 Å². The number of pyridine rings is 1. The predicted molar refractivity (Wildman–Crippen MR) is 136 cm³/mol. The zero-order valence-corrected chi connectivity index (χ0v) is 19.8. The molecule has 4 aromatic rings. The van der Waals surface area contributed by atoms with Crippen molar-refractivity contribution in [2.24, 2.45) is 7.05 Å². The molecule has 7 heteroatoms. The van der Waals surface area contributed by atoms with E-state index in [1.165, 1.54) is 22.3 Å². The summed E-state index contributed by atoms with van der Waals surface area (Å²) in [7, 11) is 5.44. The highest BCUT2D eigenvalue weighted by molar-refractivity contribution is 5.80. The van der Waals surface area contributed by atoms with Gasteiger partial charge in [-0.25, -0.2) is 9.37 Å². The van der Waals surface area contributed by atoms with Crippen molar-refractivity contribution >= 4 is 5.95 Å². The normalized spacial score (nSPS) is 10.4. The van der Waals surface area contributed by atoms with Crippen molar-refractivity contribution in [3.8, 4) is 22.4 Å². The molecule has 0 aliphatic heterocycles. The maximum atomic E-state index is 13.4. The Hall–Kier alpha value is -3.84. The Labute approximate surface area is 199 Å². The molecule has 0 aliphatic rings. The lowest BCUT2D eigenvalue weighted by Crippen LogP contribution is -2.25. The van der Waals surface area contributed by atoms with Gasteiger partial charge in [-0.15, -0.1) is 0 Å². The topological polar surface area (TPSA) is 71.8 Å². The van der Waals surface area contributed by atoms with Crippen LogP contribution >= 0.6 is 0 Å². The number of nitrogens with one attached hydrogen (secondary N) is 2. The molecule has 0 saturated heterocycles. The molecule has 0 saturated carbocycles. The molecule has 0 radical (unpaired) electrons. The fourth-order valence-corrected chi connectivity index (χ4v) is 3.49. The number of hydrogen-bond donors (Lipinski definition) is 2. The maximum absolute atomic E-state index is 13.4. The van der Waals surface area contributed by atoms with E-state index in [4.69, 9.17) is 4.98 Å². The van der Waals surface area contributed by atoms with Crippen molar-refractivity contribution in [1.29, 1.82) is 0 Å². The lowest BCUT2D eigenvalue weighted by molar-refractivity contribution is 0.628. The predicted octanol–water partition coefficient (Wildman–Crippen LogP) is 4.53. The van der Waals surface area contributed by atoms with E-state index in [0.29, 0.717) is 29.3 Å². The Morgan fingerprint density at radius 3 is 2.21 bits per heavy atom. The monoisotopic (exact) mass is 459 g/mol. The van der Waals surface area contributed by atoms with Gasteiger partial charge in [0.1, 0.15) is 5.82 Å². The molecule has 6 nitrogen and oxygen atoms in total. The van der Waals surface area contributed by atoms with Gasteiger partial charge in [0.25, 0.3) is 5.56 Å². The Kier molecular flexibility index (Phi) is 9.05. The maximum Gasteiger partial charge on any atom is 0.263 e. The van der Waals surface area contributed by atoms with Crippen LogP contribution in [-0.4, -0.2) is 35.2 Å². The molecule has 2 heterocycles. The molecule has 4 rings (SSSR count). The first-order valence-electron chi connectivity index (χ1n) is 11.2. The molecule has 2 aromatic heterocycles. The lowest BCUT2D eigenvalue weighted by Gasteiger charge is -2.16. The molecule has 2 aromatic carbocycles. The molecule has 0 spiro atoms. The van der Waals surface area contributed by atoms with E-state index in [2.05, 4.69) is 27.8 Å². The molecule has 34 heavy (non-hydrogen) atoms. The van der Waals surface area contributed by atoms with E-state index in [9.17, 15) is 9.18 Å². The van der Waals surface area contributed by atoms with Crippen LogP contribution in [0.1, 0.15) is 12.0 Å². The van der Waals surface area contributed by atoms with E-state index < -0.39 is 0 Å². The van der Waals surface area contributed by atoms with Crippen molar-refractivity contribution < 1.29 is 4.39 Å². The van der Waals surface area contributed by atoms with Crippen LogP contribution in [0.4, 0.5) is 10.3 Å². The number of aromatic nitrogens is 3. The molecule has 0 atom stereocenters. The quantitative estimate of drug-likeness (QED) is 0.398. The van der Waals surface area contributed by atoms with Gasteiger partial charge in [0.15, 0.2) is 0 Å². The summed E-state index contributed by atoms with van der Waals surface area (Å²) in [4.78, 5) is 22.1. The van der Waals surface area contributed by atoms with Crippen LogP contribution in [0.15, 0.2) is 83.9 Å². The summed E-state index contributed by atoms with van der Waals surface area (Å²) < 4.78 is 15.0. The minimum atomic E-state index is -0.351. The van der Waals surface area contributed by atoms with Gasteiger partial charge in [-0.1, -0.05) is 42.5 Å². The van der Waals surface area contributed by atoms with E-state index in [1.54, 1.807) is 31.6 Å². The SMILES string of the molecule is CNC.Cn1c(NCCCc2ccccc2)nc(-c2ccncc2)c(-c2ccc(F)cc2)c1=O. The van der Waals surface area contributed by atoms with Gasteiger partial charge in [0.05, 0.1) is 11.3 Å². The second kappa shape index (κ2) is 12.4. The minimum Gasteiger partial charge on any atom is -0.356 e. The van der Waals surface area contributed by atoms with Crippen molar-refractivity contribution in [1.82, 2.24) is 19.9 Å². The standard InChI is InChI=1S/C25H23FN4O.C2H7N/c1-30-24(31)22(19-9-11-21(26)12-10-19)23(20-13-16-27-17-14-20)29-25(30)28-15-5-8-18-6-3-2-4-7-18;1-3-2/h2-4,6-7,9-14,16-17H,5,8,15H2,1H3,(H,28,29);3H,1-2H3. The Morgan fingerprint density at radius 2 is 1.56 bits per heavy atom. The summed E-state index contributed by atoms with van der Waals surface area (Å²) in [5, 5.41) is 6.05. The van der Waals surface area contributed by atoms with E-state index in [-0.39, 0.29) is 11.4 Å². The summed E-state index contributed by atoms with van der Waals surface area (Å²) in [5.41, 5.74) is 3.46. The number of aryl methyl sites for hydroxylation is 1. The first-order chi connectivity index (χ1) is 16.5. The van der Waals surface area contributed by atoms with Crippen LogP contribution in [0.2, 0.25) is 0 Å². The van der Waals surface area contributed by atoms with Gasteiger partial charge in [0.2, 0.25) is 5.95 Å². The van der Waals surface area contributed by atoms with Crippen LogP contribution in [0.25, 0.3) is 22.4 Å². The van der Waals surface area contributed by atoms with Crippen LogP contribution < -0.4 is 16.2 Å². The highest BCUT2D eigenvalue weighted by atomic mass is 19.1. The van der Waals surface area contributed by atoms with Crippen molar-refractivity contribution in [3.05, 3.63) is 101 Å². The van der Waals surface area contributed by atoms with Crippen LogP contribution in [0, 0.1) is 5.82 Å². The first-order valence-corrected chi connectivity index (χ1v) is 11.2. The third-order valence-corrected chi connectivity index (χ3v) is 5.15. The average Bonchev–Trinajstić information content (AvgIpc) is 2.86. The van der Waals surface area contributed by atoms with Gasteiger partial charge in [-0.2, -0.15) is 0 Å². The zero-order chi connectivity index (χ0) is 24.3. The van der Waals surface area contributed by atoms with Gasteiger partial charge in [-0.3, -0.25) is 14.3 Å². The second-order valence-electron chi connectivity index (χ2n) is 7.78. The van der Waals surface area contributed by atoms with E-state index in [1.807, 2.05) is 44.4 Å². The van der Waals surface area contributed by atoms with E-state index in [0.717, 1.165) is 18.4 Å². The smallest absolute Gasteiger partial charge is 0.263 e. The van der Waals surface area contributed by atoms with E-state index >= 15 is 0 Å². The fourth-order valence-electron chi connectivity index (χ4n) is 3.49. The molecule has 0 amide bonds. The summed E-state index contributed by atoms with van der Waals surface area (Å²) in [6.45, 7) is 0.681. The first kappa shape index (κ1) is 24.8. The Morgan fingerprint density at radius 1 is 0.912 bits per heavy atom. The molecule has 0 bridgehead atoms. The number of benzene rings is 2. The molecular formula is C27H30FN5O. The third-order valence-electron chi connectivity index (χ3n) is 5.15. The van der Waals surface area contributed by atoms with Crippen molar-refractivity contribution in [3.63, 3.8) is 0 Å². The molecule has 0 fully saturated rings. The van der Waals surface area contributed by atoms with Crippen molar-refractivity contribution in [2.75, 3.05) is 26.0 Å².